The summed E-state index contributed by atoms with van der Waals surface area (Å²) in [6.45, 7) is -0.249. The van der Waals surface area contributed by atoms with Gasteiger partial charge in [0.25, 0.3) is 5.91 Å². The maximum Gasteiger partial charge on any atom is 0.267 e. The Morgan fingerprint density at radius 2 is 2.00 bits per heavy atom. The molecule has 10 heteroatoms. The number of benzene rings is 2. The van der Waals surface area contributed by atoms with Gasteiger partial charge < -0.3 is 14.8 Å². The SMILES string of the molecule is COc1ccc(OC)c(NC(=O)CN2N=CN3NC(c4ccc(F)cc4)CC3C2=O)c1. The standard InChI is InChI=1S/C21H22FN5O4/c1-30-15-7-8-19(31-2)17(9-15)24-20(28)11-26-21(29)18-10-16(25-27(18)12-23-26)13-3-5-14(22)6-4-13/h3-9,12,16,18,25H,10-11H2,1-2H3,(H,24,28). The van der Waals surface area contributed by atoms with E-state index in [4.69, 9.17) is 9.47 Å². The van der Waals surface area contributed by atoms with Gasteiger partial charge in [0.2, 0.25) is 5.91 Å². The number of methoxy groups -OCH3 is 2. The zero-order valence-corrected chi connectivity index (χ0v) is 17.0. The fourth-order valence-electron chi connectivity index (χ4n) is 3.60. The lowest BCUT2D eigenvalue weighted by Crippen LogP contribution is -2.52. The number of hydrogen-bond acceptors (Lipinski definition) is 7. The normalized spacial score (nSPS) is 19.9. The summed E-state index contributed by atoms with van der Waals surface area (Å²) in [5, 5.41) is 9.58. The maximum atomic E-state index is 13.2. The smallest absolute Gasteiger partial charge is 0.267 e. The summed E-state index contributed by atoms with van der Waals surface area (Å²) < 4.78 is 23.6. The molecule has 0 saturated carbocycles. The average Bonchev–Trinajstić information content (AvgIpc) is 3.21. The van der Waals surface area contributed by atoms with Crippen molar-refractivity contribution < 1.29 is 23.5 Å². The zero-order chi connectivity index (χ0) is 22.0. The molecule has 2 aliphatic heterocycles. The van der Waals surface area contributed by atoms with Crippen molar-refractivity contribution in [2.45, 2.75) is 18.5 Å². The molecule has 2 aromatic carbocycles. The number of hydrazone groups is 1. The van der Waals surface area contributed by atoms with E-state index in [1.807, 2.05) is 0 Å². The van der Waals surface area contributed by atoms with Crippen LogP contribution in [0.5, 0.6) is 11.5 Å². The lowest BCUT2D eigenvalue weighted by Gasteiger charge is -2.29. The highest BCUT2D eigenvalue weighted by Crippen LogP contribution is 2.30. The Kier molecular flexibility index (Phi) is 5.72. The molecule has 0 aliphatic carbocycles. The Hall–Kier alpha value is -3.66. The molecule has 2 unspecified atom stereocenters. The van der Waals surface area contributed by atoms with Gasteiger partial charge in [0.15, 0.2) is 0 Å². The predicted octanol–water partition coefficient (Wildman–Crippen LogP) is 1.89. The van der Waals surface area contributed by atoms with Crippen LogP contribution in [-0.4, -0.2) is 55.0 Å². The number of nitrogens with one attached hydrogen (secondary N) is 2. The Balaban J connectivity index is 1.41. The molecule has 0 bridgehead atoms. The number of carbonyl (C=O) groups excluding carboxylic acids is 2. The van der Waals surface area contributed by atoms with Crippen LogP contribution in [0.3, 0.4) is 0 Å². The predicted molar refractivity (Wildman–Crippen MR) is 111 cm³/mol. The Morgan fingerprint density at radius 1 is 1.23 bits per heavy atom. The second kappa shape index (κ2) is 8.60. The lowest BCUT2D eigenvalue weighted by atomic mass is 10.0. The van der Waals surface area contributed by atoms with Crippen LogP contribution in [0.1, 0.15) is 18.0 Å². The fourth-order valence-corrected chi connectivity index (χ4v) is 3.60. The highest BCUT2D eigenvalue weighted by molar-refractivity contribution is 5.97. The van der Waals surface area contributed by atoms with Gasteiger partial charge in [0, 0.05) is 6.07 Å². The monoisotopic (exact) mass is 427 g/mol. The topological polar surface area (TPSA) is 95.5 Å². The Labute approximate surface area is 178 Å². The van der Waals surface area contributed by atoms with Crippen LogP contribution >= 0.6 is 0 Å². The van der Waals surface area contributed by atoms with Crippen LogP contribution in [0.25, 0.3) is 0 Å². The van der Waals surface area contributed by atoms with E-state index in [0.29, 0.717) is 23.6 Å². The number of ether oxygens (including phenoxy) is 2. The quantitative estimate of drug-likeness (QED) is 0.731. The molecule has 2 aliphatic rings. The number of hydrogen-bond donors (Lipinski definition) is 2. The van der Waals surface area contributed by atoms with Crippen molar-refractivity contribution in [1.82, 2.24) is 15.4 Å². The molecule has 2 heterocycles. The maximum absolute atomic E-state index is 13.2. The summed E-state index contributed by atoms with van der Waals surface area (Å²) in [5.74, 6) is -0.0144. The minimum atomic E-state index is -0.508. The van der Waals surface area contributed by atoms with Gasteiger partial charge >= 0.3 is 0 Å². The largest absolute Gasteiger partial charge is 0.497 e. The van der Waals surface area contributed by atoms with E-state index in [1.54, 1.807) is 35.3 Å². The van der Waals surface area contributed by atoms with Gasteiger partial charge in [-0.2, -0.15) is 5.10 Å². The third kappa shape index (κ3) is 4.29. The van der Waals surface area contributed by atoms with Gasteiger partial charge in [-0.3, -0.25) is 14.6 Å². The van der Waals surface area contributed by atoms with Crippen molar-refractivity contribution >= 4 is 23.8 Å². The third-order valence-corrected chi connectivity index (χ3v) is 5.20. The van der Waals surface area contributed by atoms with Crippen LogP contribution in [0, 0.1) is 5.82 Å². The summed E-state index contributed by atoms with van der Waals surface area (Å²) in [6, 6.07) is 10.5. The number of rotatable bonds is 6. The summed E-state index contributed by atoms with van der Waals surface area (Å²) in [7, 11) is 3.02. The van der Waals surface area contributed by atoms with Gasteiger partial charge in [-0.25, -0.2) is 14.8 Å². The number of amides is 2. The van der Waals surface area contributed by atoms with E-state index in [9.17, 15) is 14.0 Å². The molecular formula is C21H22FN5O4. The highest BCUT2D eigenvalue weighted by atomic mass is 19.1. The van der Waals surface area contributed by atoms with Crippen LogP contribution < -0.4 is 20.2 Å². The second-order valence-corrected chi connectivity index (χ2v) is 7.13. The molecule has 2 N–H and O–H groups in total. The van der Waals surface area contributed by atoms with Crippen LogP contribution in [0.2, 0.25) is 0 Å². The van der Waals surface area contributed by atoms with Crippen molar-refractivity contribution in [3.63, 3.8) is 0 Å². The van der Waals surface area contributed by atoms with Gasteiger partial charge in [-0.15, -0.1) is 0 Å². The zero-order valence-electron chi connectivity index (χ0n) is 17.0. The third-order valence-electron chi connectivity index (χ3n) is 5.20. The Bertz CT molecular complexity index is 1010. The minimum absolute atomic E-state index is 0.157. The van der Waals surface area contributed by atoms with E-state index in [0.717, 1.165) is 10.6 Å². The van der Waals surface area contributed by atoms with Crippen molar-refractivity contribution in [2.75, 3.05) is 26.1 Å². The first-order valence-corrected chi connectivity index (χ1v) is 9.66. The van der Waals surface area contributed by atoms with Gasteiger partial charge in [-0.1, -0.05) is 12.1 Å². The van der Waals surface area contributed by atoms with Crippen LogP contribution in [0.4, 0.5) is 10.1 Å². The van der Waals surface area contributed by atoms with Gasteiger partial charge in [-0.05, 0) is 36.2 Å². The second-order valence-electron chi connectivity index (χ2n) is 7.13. The molecule has 4 rings (SSSR count). The molecule has 31 heavy (non-hydrogen) atoms. The molecule has 1 fully saturated rings. The molecule has 0 radical (unpaired) electrons. The Morgan fingerprint density at radius 3 is 2.71 bits per heavy atom. The van der Waals surface area contributed by atoms with E-state index in [-0.39, 0.29) is 24.3 Å². The first-order chi connectivity index (χ1) is 15.0. The molecule has 2 aromatic rings. The molecule has 0 spiro atoms. The highest BCUT2D eigenvalue weighted by Gasteiger charge is 2.41. The average molecular weight is 427 g/mol. The molecule has 2 atom stereocenters. The van der Waals surface area contributed by atoms with Crippen molar-refractivity contribution in [2.24, 2.45) is 5.10 Å². The lowest BCUT2D eigenvalue weighted by molar-refractivity contribution is -0.139. The molecule has 9 nitrogen and oxygen atoms in total. The number of fused-ring (bicyclic) bond motifs is 1. The minimum Gasteiger partial charge on any atom is -0.497 e. The van der Waals surface area contributed by atoms with E-state index >= 15 is 0 Å². The first-order valence-electron chi connectivity index (χ1n) is 9.66. The number of halogens is 1. The van der Waals surface area contributed by atoms with E-state index < -0.39 is 11.9 Å². The fraction of sp³-hybridized carbons (Fsp3) is 0.286. The summed E-state index contributed by atoms with van der Waals surface area (Å²) in [5.41, 5.74) is 4.48. The van der Waals surface area contributed by atoms with Gasteiger partial charge in [0.05, 0.1) is 25.9 Å². The summed E-state index contributed by atoms with van der Waals surface area (Å²) >= 11 is 0. The number of anilines is 1. The van der Waals surface area contributed by atoms with Crippen LogP contribution in [0.15, 0.2) is 47.6 Å². The van der Waals surface area contributed by atoms with E-state index in [2.05, 4.69) is 15.8 Å². The number of hydrazine groups is 1. The van der Waals surface area contributed by atoms with Crippen molar-refractivity contribution in [1.29, 1.82) is 0 Å². The summed E-state index contributed by atoms with van der Waals surface area (Å²) in [6.07, 6.45) is 1.95. The van der Waals surface area contributed by atoms with Gasteiger partial charge in [0.1, 0.15) is 36.2 Å². The summed E-state index contributed by atoms with van der Waals surface area (Å²) in [4.78, 5) is 25.5. The number of nitrogens with zero attached hydrogens (tertiary/aromatic N) is 3. The molecular weight excluding hydrogens is 405 g/mol. The van der Waals surface area contributed by atoms with Crippen molar-refractivity contribution in [3.8, 4) is 11.5 Å². The van der Waals surface area contributed by atoms with Crippen molar-refractivity contribution in [3.05, 3.63) is 53.8 Å². The first kappa shape index (κ1) is 20.6. The molecule has 2 amide bonds. The molecule has 0 aromatic heterocycles. The molecule has 162 valence electrons. The van der Waals surface area contributed by atoms with Crippen LogP contribution in [-0.2, 0) is 9.59 Å². The number of carbonyl (C=O) groups is 2. The molecule has 1 saturated heterocycles. The van der Waals surface area contributed by atoms with E-state index in [1.165, 1.54) is 32.7 Å².